The van der Waals surface area contributed by atoms with Gasteiger partial charge in [-0.3, -0.25) is 4.98 Å². The minimum absolute atomic E-state index is 0.476. The summed E-state index contributed by atoms with van der Waals surface area (Å²) >= 11 is 0. The van der Waals surface area contributed by atoms with Gasteiger partial charge in [0.1, 0.15) is 5.75 Å². The van der Waals surface area contributed by atoms with Gasteiger partial charge >= 0.3 is 0 Å². The van der Waals surface area contributed by atoms with Crippen molar-refractivity contribution in [3.8, 4) is 5.75 Å². The van der Waals surface area contributed by atoms with Gasteiger partial charge in [0, 0.05) is 30.5 Å². The zero-order valence-electron chi connectivity index (χ0n) is 10.5. The molecule has 0 atom stereocenters. The molecule has 0 aromatic carbocycles. The summed E-state index contributed by atoms with van der Waals surface area (Å²) in [6.07, 6.45) is 5.90. The quantitative estimate of drug-likeness (QED) is 0.720. The van der Waals surface area contributed by atoms with Gasteiger partial charge in [-0.15, -0.1) is 0 Å². The number of aromatic nitrogens is 1. The lowest BCUT2D eigenvalue weighted by Gasteiger charge is -2.12. The Bertz CT molecular complexity index is 300. The van der Waals surface area contributed by atoms with Gasteiger partial charge in [0.25, 0.3) is 0 Å². The maximum absolute atomic E-state index is 5.73. The number of nitrogens with zero attached hydrogens (tertiary/aromatic N) is 1. The Morgan fingerprint density at radius 1 is 1.44 bits per heavy atom. The maximum atomic E-state index is 5.73. The van der Waals surface area contributed by atoms with Crippen molar-refractivity contribution >= 4 is 0 Å². The van der Waals surface area contributed by atoms with Gasteiger partial charge in [-0.1, -0.05) is 27.2 Å². The van der Waals surface area contributed by atoms with Crippen LogP contribution in [0.2, 0.25) is 0 Å². The first kappa shape index (κ1) is 13.0. The van der Waals surface area contributed by atoms with Crippen LogP contribution >= 0.6 is 0 Å². The van der Waals surface area contributed by atoms with E-state index in [2.05, 4.69) is 31.1 Å². The van der Waals surface area contributed by atoms with Crippen LogP contribution in [0.25, 0.3) is 0 Å². The van der Waals surface area contributed by atoms with E-state index in [1.165, 1.54) is 0 Å². The van der Waals surface area contributed by atoms with Crippen LogP contribution in [0, 0.1) is 0 Å². The molecule has 0 fully saturated rings. The molecule has 1 aromatic rings. The first-order valence-corrected chi connectivity index (χ1v) is 6.03. The fraction of sp³-hybridized carbons (Fsp3) is 0.615. The summed E-state index contributed by atoms with van der Waals surface area (Å²) < 4.78 is 5.73. The van der Waals surface area contributed by atoms with E-state index in [-0.39, 0.29) is 0 Å². The first-order chi connectivity index (χ1) is 7.74. The average molecular weight is 222 g/mol. The molecule has 3 heteroatoms. The largest absolute Gasteiger partial charge is 0.493 e. The third-order valence-corrected chi connectivity index (χ3v) is 2.32. The van der Waals surface area contributed by atoms with Crippen molar-refractivity contribution < 1.29 is 4.74 Å². The molecule has 0 bridgehead atoms. The maximum Gasteiger partial charge on any atom is 0.126 e. The normalized spacial score (nSPS) is 10.8. The van der Waals surface area contributed by atoms with Gasteiger partial charge in [-0.05, 0) is 12.5 Å². The van der Waals surface area contributed by atoms with E-state index in [1.807, 2.05) is 12.3 Å². The lowest BCUT2D eigenvalue weighted by atomic mass is 10.2. The van der Waals surface area contributed by atoms with Gasteiger partial charge in [0.2, 0.25) is 0 Å². The number of unbranched alkanes of at least 4 members (excludes halogenated alkanes) is 1. The van der Waals surface area contributed by atoms with Crippen LogP contribution < -0.4 is 10.1 Å². The summed E-state index contributed by atoms with van der Waals surface area (Å²) in [6.45, 7) is 8.03. The number of nitrogens with one attached hydrogen (secondary N) is 1. The van der Waals surface area contributed by atoms with Crippen molar-refractivity contribution in [3.05, 3.63) is 24.0 Å². The van der Waals surface area contributed by atoms with Crippen molar-refractivity contribution in [2.24, 2.45) is 0 Å². The molecule has 0 aliphatic rings. The number of pyridine rings is 1. The Morgan fingerprint density at radius 3 is 2.94 bits per heavy atom. The molecular weight excluding hydrogens is 200 g/mol. The van der Waals surface area contributed by atoms with E-state index in [9.17, 15) is 0 Å². The van der Waals surface area contributed by atoms with Crippen molar-refractivity contribution in [3.63, 3.8) is 0 Å². The van der Waals surface area contributed by atoms with E-state index in [1.54, 1.807) is 6.20 Å². The molecule has 0 aliphatic carbocycles. The van der Waals surface area contributed by atoms with Crippen molar-refractivity contribution in [1.82, 2.24) is 10.3 Å². The fourth-order valence-corrected chi connectivity index (χ4v) is 1.33. The summed E-state index contributed by atoms with van der Waals surface area (Å²) in [5.74, 6) is 0.955. The van der Waals surface area contributed by atoms with E-state index < -0.39 is 0 Å². The highest BCUT2D eigenvalue weighted by Crippen LogP contribution is 2.16. The molecular formula is C13H22N2O. The minimum Gasteiger partial charge on any atom is -0.493 e. The summed E-state index contributed by atoms with van der Waals surface area (Å²) in [5, 5.41) is 3.37. The topological polar surface area (TPSA) is 34.1 Å². The summed E-state index contributed by atoms with van der Waals surface area (Å²) in [5.41, 5.74) is 1.13. The summed E-state index contributed by atoms with van der Waals surface area (Å²) in [7, 11) is 0. The number of hydrogen-bond donors (Lipinski definition) is 1. The summed E-state index contributed by atoms with van der Waals surface area (Å²) in [4.78, 5) is 4.13. The Hall–Kier alpha value is -1.09. The fourth-order valence-electron chi connectivity index (χ4n) is 1.33. The van der Waals surface area contributed by atoms with Gasteiger partial charge in [-0.25, -0.2) is 0 Å². The van der Waals surface area contributed by atoms with Crippen LogP contribution in [0.15, 0.2) is 18.5 Å². The third kappa shape index (κ3) is 4.62. The smallest absolute Gasteiger partial charge is 0.126 e. The molecule has 16 heavy (non-hydrogen) atoms. The molecule has 0 unspecified atom stereocenters. The number of rotatable bonds is 7. The van der Waals surface area contributed by atoms with Crippen LogP contribution in [-0.2, 0) is 6.54 Å². The minimum atomic E-state index is 0.476. The Kier molecular flexibility index (Phi) is 5.86. The van der Waals surface area contributed by atoms with Crippen LogP contribution in [0.3, 0.4) is 0 Å². The van der Waals surface area contributed by atoms with Gasteiger partial charge < -0.3 is 10.1 Å². The molecule has 0 saturated carbocycles. The second-order valence-electron chi connectivity index (χ2n) is 4.22. The molecule has 0 amide bonds. The summed E-state index contributed by atoms with van der Waals surface area (Å²) in [6, 6.07) is 2.41. The molecule has 0 spiro atoms. The zero-order valence-corrected chi connectivity index (χ0v) is 10.5. The highest BCUT2D eigenvalue weighted by atomic mass is 16.5. The molecule has 1 N–H and O–H groups in total. The molecule has 1 aromatic heterocycles. The molecule has 0 radical (unpaired) electrons. The highest BCUT2D eigenvalue weighted by molar-refractivity contribution is 5.29. The van der Waals surface area contributed by atoms with Crippen molar-refractivity contribution in [2.75, 3.05) is 6.61 Å². The van der Waals surface area contributed by atoms with Crippen LogP contribution in [0.5, 0.6) is 5.75 Å². The van der Waals surface area contributed by atoms with E-state index in [0.29, 0.717) is 6.04 Å². The van der Waals surface area contributed by atoms with E-state index in [4.69, 9.17) is 4.74 Å². The molecule has 90 valence electrons. The number of hydrogen-bond acceptors (Lipinski definition) is 3. The molecule has 3 nitrogen and oxygen atoms in total. The predicted octanol–water partition coefficient (Wildman–Crippen LogP) is 2.76. The van der Waals surface area contributed by atoms with Gasteiger partial charge in [0.05, 0.1) is 6.61 Å². The van der Waals surface area contributed by atoms with Crippen LogP contribution in [-0.4, -0.2) is 17.6 Å². The molecule has 0 saturated heterocycles. The average Bonchev–Trinajstić information content (AvgIpc) is 2.28. The Balaban J connectivity index is 2.53. The van der Waals surface area contributed by atoms with Gasteiger partial charge in [-0.2, -0.15) is 0 Å². The zero-order chi connectivity index (χ0) is 11.8. The predicted molar refractivity (Wildman–Crippen MR) is 66.6 cm³/mol. The molecule has 0 aliphatic heterocycles. The van der Waals surface area contributed by atoms with E-state index >= 15 is 0 Å². The molecule has 1 rings (SSSR count). The lowest BCUT2D eigenvalue weighted by molar-refractivity contribution is 0.304. The third-order valence-electron chi connectivity index (χ3n) is 2.32. The second-order valence-corrected chi connectivity index (χ2v) is 4.22. The standard InChI is InChI=1S/C13H22N2O/c1-4-5-8-16-13-6-7-14-9-12(13)10-15-11(2)3/h6-7,9,11,15H,4-5,8,10H2,1-3H3. The lowest BCUT2D eigenvalue weighted by Crippen LogP contribution is -2.22. The Labute approximate surface area is 98.2 Å². The first-order valence-electron chi connectivity index (χ1n) is 6.03. The van der Waals surface area contributed by atoms with Crippen LogP contribution in [0.4, 0.5) is 0 Å². The molecule has 1 heterocycles. The van der Waals surface area contributed by atoms with Crippen LogP contribution in [0.1, 0.15) is 39.2 Å². The monoisotopic (exact) mass is 222 g/mol. The Morgan fingerprint density at radius 2 is 2.25 bits per heavy atom. The highest BCUT2D eigenvalue weighted by Gasteiger charge is 2.03. The van der Waals surface area contributed by atoms with Crippen molar-refractivity contribution in [1.29, 1.82) is 0 Å². The van der Waals surface area contributed by atoms with Crippen molar-refractivity contribution in [2.45, 2.75) is 46.2 Å². The second kappa shape index (κ2) is 7.23. The SMILES string of the molecule is CCCCOc1ccncc1CNC(C)C. The number of ether oxygens (including phenoxy) is 1. The van der Waals surface area contributed by atoms with E-state index in [0.717, 1.165) is 37.3 Å². The van der Waals surface area contributed by atoms with Gasteiger partial charge in [0.15, 0.2) is 0 Å².